The molecule has 4 nitrogen and oxygen atoms in total. The van der Waals surface area contributed by atoms with Crippen molar-refractivity contribution in [1.29, 1.82) is 0 Å². The van der Waals surface area contributed by atoms with Gasteiger partial charge < -0.3 is 27.5 Å². The van der Waals surface area contributed by atoms with Crippen LogP contribution < -0.4 is 10.2 Å². The Kier molecular flexibility index (Phi) is 12.5. The predicted molar refractivity (Wildman–Crippen MR) is 150 cm³/mol. The Labute approximate surface area is 246 Å². The van der Waals surface area contributed by atoms with Crippen molar-refractivity contribution in [3.8, 4) is 11.5 Å². The summed E-state index contributed by atoms with van der Waals surface area (Å²) in [5.74, 6) is 0.0798. The minimum atomic E-state index is -6.00. The van der Waals surface area contributed by atoms with E-state index in [1.807, 2.05) is 38.1 Å². The van der Waals surface area contributed by atoms with Crippen molar-refractivity contribution in [3.05, 3.63) is 57.6 Å². The van der Waals surface area contributed by atoms with Crippen LogP contribution in [0.25, 0.3) is 0 Å². The minimum absolute atomic E-state index is 0. The van der Waals surface area contributed by atoms with Crippen LogP contribution in [-0.4, -0.2) is 31.8 Å². The third-order valence-electron chi connectivity index (χ3n) is 6.84. The van der Waals surface area contributed by atoms with Crippen molar-refractivity contribution in [2.45, 2.75) is 104 Å². The summed E-state index contributed by atoms with van der Waals surface area (Å²) >= 11 is 0. The quantitative estimate of drug-likeness (QED) is 0.210. The first kappa shape index (κ1) is 35.7. The standard InChI is InChI=1S/C30H42N2O2.BF4.Co/c1-19-13-23(29(3,4)5)15-21(27(19)33)17-31-25-11-9-10-12-26(25)32-18-22-16-24(30(6,7)8)14-20(2)28(22)34;2-1(3,4)5;/h13-18,25-26,33-34H,9-12H2,1-8H3;;/q;-1;+3/p-2/t25-,26-;;/m1../s1. The molecular formula is C30H40BCoF4N2O2. The van der Waals surface area contributed by atoms with Crippen molar-refractivity contribution < 1.29 is 44.3 Å². The van der Waals surface area contributed by atoms with Gasteiger partial charge in [-0.3, -0.25) is 9.98 Å². The maximum Gasteiger partial charge on any atom is 3.00 e. The normalized spacial score (nSPS) is 18.4. The Morgan fingerprint density at radius 3 is 1.27 bits per heavy atom. The summed E-state index contributed by atoms with van der Waals surface area (Å²) in [6.07, 6.45) is 7.60. The topological polar surface area (TPSA) is 70.8 Å². The molecule has 0 radical (unpaired) electrons. The first-order valence-corrected chi connectivity index (χ1v) is 13.4. The van der Waals surface area contributed by atoms with Crippen molar-refractivity contribution in [2.24, 2.45) is 9.98 Å². The van der Waals surface area contributed by atoms with E-state index in [1.165, 1.54) is 0 Å². The molecule has 0 bridgehead atoms. The number of nitrogens with zero attached hydrogens (tertiary/aromatic N) is 2. The van der Waals surface area contributed by atoms with Crippen LogP contribution in [0.15, 0.2) is 34.3 Å². The van der Waals surface area contributed by atoms with Gasteiger partial charge in [0.1, 0.15) is 0 Å². The fraction of sp³-hybridized carbons (Fsp3) is 0.533. The molecule has 222 valence electrons. The van der Waals surface area contributed by atoms with E-state index in [4.69, 9.17) is 9.98 Å². The maximum atomic E-state index is 12.7. The predicted octanol–water partition coefficient (Wildman–Crippen LogP) is 7.19. The molecule has 1 fully saturated rings. The molecule has 0 spiro atoms. The van der Waals surface area contributed by atoms with E-state index in [-0.39, 0.29) is 51.2 Å². The molecule has 2 aromatic rings. The Balaban J connectivity index is 0.00000122. The number of benzene rings is 2. The van der Waals surface area contributed by atoms with E-state index in [1.54, 1.807) is 12.4 Å². The van der Waals surface area contributed by atoms with Gasteiger partial charge in [0, 0.05) is 12.4 Å². The summed E-state index contributed by atoms with van der Waals surface area (Å²) in [6, 6.07) is 7.97. The van der Waals surface area contributed by atoms with Crippen LogP contribution >= 0.6 is 0 Å². The van der Waals surface area contributed by atoms with Crippen molar-refractivity contribution in [3.63, 3.8) is 0 Å². The van der Waals surface area contributed by atoms with E-state index >= 15 is 0 Å². The molecule has 2 aromatic carbocycles. The monoisotopic (exact) mass is 606 g/mol. The summed E-state index contributed by atoms with van der Waals surface area (Å²) in [6.45, 7) is 16.7. The Morgan fingerprint density at radius 1 is 0.700 bits per heavy atom. The molecule has 1 saturated carbocycles. The van der Waals surface area contributed by atoms with E-state index in [0.717, 1.165) is 47.9 Å². The zero-order chi connectivity index (χ0) is 29.8. The summed E-state index contributed by atoms with van der Waals surface area (Å²) < 4.78 is 39.0. The number of halogens is 4. The molecule has 1 aliphatic rings. The van der Waals surface area contributed by atoms with Gasteiger partial charge in [-0.25, -0.2) is 0 Å². The van der Waals surface area contributed by atoms with Crippen LogP contribution in [0.1, 0.15) is 101 Å². The summed E-state index contributed by atoms with van der Waals surface area (Å²) in [5.41, 5.74) is 5.02. The van der Waals surface area contributed by atoms with E-state index in [0.29, 0.717) is 11.1 Å². The van der Waals surface area contributed by atoms with Crippen molar-refractivity contribution >= 4 is 19.7 Å². The SMILES string of the molecule is Cc1cc(C(C)(C)C)cc(C=N[C@@H]2CCCC[C@H]2N=Cc2cc(C(C)(C)C)cc(C)c2[O-])c1[O-].F[B-](F)(F)F.[Co+3]. The molecule has 40 heavy (non-hydrogen) atoms. The molecule has 0 amide bonds. The fourth-order valence-electron chi connectivity index (χ4n) is 4.45. The average Bonchev–Trinajstić information content (AvgIpc) is 2.78. The molecule has 0 N–H and O–H groups in total. The molecule has 10 heteroatoms. The second kappa shape index (κ2) is 14.0. The van der Waals surface area contributed by atoms with Gasteiger partial charge in [-0.05, 0) is 59.8 Å². The zero-order valence-electron chi connectivity index (χ0n) is 24.6. The van der Waals surface area contributed by atoms with Gasteiger partial charge in [-0.2, -0.15) is 0 Å². The van der Waals surface area contributed by atoms with Crippen LogP contribution in [0.2, 0.25) is 0 Å². The average molecular weight is 606 g/mol. The largest absolute Gasteiger partial charge is 3.00 e. The summed E-state index contributed by atoms with van der Waals surface area (Å²) in [5, 5.41) is 25.5. The van der Waals surface area contributed by atoms with Gasteiger partial charge >= 0.3 is 24.0 Å². The number of aliphatic imine (C=N–C) groups is 2. The molecule has 1 aliphatic carbocycles. The van der Waals surface area contributed by atoms with E-state index < -0.39 is 7.25 Å². The van der Waals surface area contributed by atoms with Crippen LogP contribution in [0.5, 0.6) is 11.5 Å². The van der Waals surface area contributed by atoms with Crippen LogP contribution in [-0.2, 0) is 27.6 Å². The van der Waals surface area contributed by atoms with Gasteiger partial charge in [-0.1, -0.05) is 101 Å². The fourth-order valence-corrected chi connectivity index (χ4v) is 4.45. The Hall–Kier alpha value is -2.33. The molecule has 3 rings (SSSR count). The smallest absolute Gasteiger partial charge is 0.872 e. The second-order valence-electron chi connectivity index (χ2n) is 12.4. The van der Waals surface area contributed by atoms with Gasteiger partial charge in [0.05, 0.1) is 12.1 Å². The summed E-state index contributed by atoms with van der Waals surface area (Å²) in [4.78, 5) is 9.70. The molecule has 0 aliphatic heterocycles. The molecule has 0 unspecified atom stereocenters. The Bertz CT molecular complexity index is 1110. The first-order valence-electron chi connectivity index (χ1n) is 13.4. The van der Waals surface area contributed by atoms with Crippen LogP contribution in [0, 0.1) is 13.8 Å². The third kappa shape index (κ3) is 10.9. The second-order valence-corrected chi connectivity index (χ2v) is 12.4. The maximum absolute atomic E-state index is 12.7. The molecule has 2 atom stereocenters. The molecular weight excluding hydrogens is 566 g/mol. The number of aryl methyl sites for hydroxylation is 2. The van der Waals surface area contributed by atoms with Gasteiger partial charge in [-0.15, -0.1) is 0 Å². The van der Waals surface area contributed by atoms with Crippen molar-refractivity contribution in [1.82, 2.24) is 0 Å². The number of rotatable bonds is 4. The molecule has 0 aromatic heterocycles. The van der Waals surface area contributed by atoms with E-state index in [2.05, 4.69) is 41.5 Å². The minimum Gasteiger partial charge on any atom is -0.872 e. The van der Waals surface area contributed by atoms with Crippen molar-refractivity contribution in [2.75, 3.05) is 0 Å². The molecule has 0 heterocycles. The third-order valence-corrected chi connectivity index (χ3v) is 6.84. The summed E-state index contributed by atoms with van der Waals surface area (Å²) in [7, 11) is -6.00. The zero-order valence-corrected chi connectivity index (χ0v) is 25.6. The van der Waals surface area contributed by atoms with Crippen LogP contribution in [0.3, 0.4) is 0 Å². The van der Waals surface area contributed by atoms with Gasteiger partial charge in [0.25, 0.3) is 0 Å². The van der Waals surface area contributed by atoms with Crippen LogP contribution in [0.4, 0.5) is 17.3 Å². The first-order chi connectivity index (χ1) is 17.8. The molecule has 0 saturated heterocycles. The number of hydrogen-bond acceptors (Lipinski definition) is 4. The Morgan fingerprint density at radius 2 is 1.00 bits per heavy atom. The van der Waals surface area contributed by atoms with Gasteiger partial charge in [0.2, 0.25) is 0 Å². The number of hydrogen-bond donors (Lipinski definition) is 0. The van der Waals surface area contributed by atoms with Gasteiger partial charge in [0.15, 0.2) is 0 Å². The van der Waals surface area contributed by atoms with E-state index in [9.17, 15) is 27.5 Å².